The van der Waals surface area contributed by atoms with E-state index >= 15 is 4.39 Å². The first-order chi connectivity index (χ1) is 26.6. The number of para-hydroxylation sites is 1. The minimum atomic E-state index is -1.12. The highest BCUT2D eigenvalue weighted by Gasteiger charge is 2.36. The number of amides is 3. The highest BCUT2D eigenvalue weighted by molar-refractivity contribution is 6.06. The van der Waals surface area contributed by atoms with E-state index in [0.29, 0.717) is 52.5 Å². The number of rotatable bonds is 8. The fraction of sp³-hybridized carbons (Fsp3) is 0.415. The van der Waals surface area contributed by atoms with Crippen molar-refractivity contribution in [2.45, 2.75) is 69.1 Å². The largest absolute Gasteiger partial charge is 0.494 e. The lowest BCUT2D eigenvalue weighted by atomic mass is 9.83. The van der Waals surface area contributed by atoms with Crippen molar-refractivity contribution in [2.24, 2.45) is 13.0 Å². The molecule has 2 N–H and O–H groups in total. The number of carbonyl (C=O) groups excluding carboxylic acids is 3. The summed E-state index contributed by atoms with van der Waals surface area (Å²) in [5.41, 5.74) is 3.73. The van der Waals surface area contributed by atoms with E-state index < -0.39 is 18.1 Å². The van der Waals surface area contributed by atoms with Crippen LogP contribution in [0.3, 0.4) is 0 Å². The molecule has 13 nitrogen and oxygen atoms in total. The van der Waals surface area contributed by atoms with Crippen molar-refractivity contribution in [3.05, 3.63) is 88.0 Å². The van der Waals surface area contributed by atoms with Gasteiger partial charge in [-0.1, -0.05) is 18.2 Å². The number of nitriles is 1. The molecule has 1 aliphatic carbocycles. The Morgan fingerprint density at radius 1 is 1.05 bits per heavy atom. The number of halogens is 1. The Kier molecular flexibility index (Phi) is 9.73. The van der Waals surface area contributed by atoms with Crippen molar-refractivity contribution < 1.29 is 23.5 Å². The zero-order valence-electron chi connectivity index (χ0n) is 30.8. The first-order valence-electron chi connectivity index (χ1n) is 18.9. The van der Waals surface area contributed by atoms with E-state index in [0.717, 1.165) is 55.2 Å². The van der Waals surface area contributed by atoms with Crippen LogP contribution in [0.4, 0.5) is 10.1 Å². The molecule has 1 saturated carbocycles. The van der Waals surface area contributed by atoms with Gasteiger partial charge in [0.2, 0.25) is 11.8 Å². The molecule has 0 spiro atoms. The standard InChI is InChI=1S/C41H43FN8O5/c1-47-38-30(7-4-8-34(38)50(41(47)54)35-13-14-37(51)45-40(35)53)29-15-16-48(23-31(29)42)21-24-9-11-28(12-10-24)49-22-27-18-33(36(55-2)19-32(27)46-49)44-39(52)26-6-3-5-25(17-26)20-43/h3-8,17-19,22,24,28-29,31,35H,9-16,21,23H2,1-2H3,(H,44,52)(H,45,51,53)/t24?,28?,29-,31+,35?/m0/s1. The quantitative estimate of drug-likeness (QED) is 0.201. The van der Waals surface area contributed by atoms with Crippen LogP contribution in [-0.4, -0.2) is 74.5 Å². The van der Waals surface area contributed by atoms with Crippen LogP contribution >= 0.6 is 0 Å². The van der Waals surface area contributed by atoms with Crippen LogP contribution in [0.1, 0.15) is 84.4 Å². The number of fused-ring (bicyclic) bond motifs is 2. The molecule has 5 aromatic rings. The number of benzene rings is 3. The molecule has 3 aromatic carbocycles. The van der Waals surface area contributed by atoms with Crippen LogP contribution in [0, 0.1) is 17.2 Å². The number of methoxy groups -OCH3 is 1. The van der Waals surface area contributed by atoms with Gasteiger partial charge in [-0.2, -0.15) is 10.4 Å². The summed E-state index contributed by atoms with van der Waals surface area (Å²) in [6.45, 7) is 1.89. The maximum atomic E-state index is 16.1. The first kappa shape index (κ1) is 36.2. The Morgan fingerprint density at radius 3 is 2.60 bits per heavy atom. The highest BCUT2D eigenvalue weighted by atomic mass is 19.1. The van der Waals surface area contributed by atoms with E-state index in [4.69, 9.17) is 9.84 Å². The predicted molar refractivity (Wildman–Crippen MR) is 204 cm³/mol. The number of hydrogen-bond acceptors (Lipinski definition) is 8. The molecule has 3 aliphatic rings. The molecule has 284 valence electrons. The molecule has 2 saturated heterocycles. The molecule has 3 atom stereocenters. The summed E-state index contributed by atoms with van der Waals surface area (Å²) in [6.07, 6.45) is 5.82. The van der Waals surface area contributed by atoms with Gasteiger partial charge in [-0.15, -0.1) is 0 Å². The summed E-state index contributed by atoms with van der Waals surface area (Å²) in [6, 6.07) is 17.2. The SMILES string of the molecule is COc1cc2nn(C3CCC(CN4CC[C@@H](c5cccc6c5n(C)c(=O)n6C5CCC(=O)NC5=O)[C@H](F)C4)CC3)cc2cc1NC(=O)c1cccc(C#N)c1. The third kappa shape index (κ3) is 6.89. The maximum Gasteiger partial charge on any atom is 0.329 e. The monoisotopic (exact) mass is 746 g/mol. The number of ether oxygens (including phenoxy) is 1. The summed E-state index contributed by atoms with van der Waals surface area (Å²) in [7, 11) is 3.21. The van der Waals surface area contributed by atoms with Gasteiger partial charge < -0.3 is 15.0 Å². The number of carbonyl (C=O) groups is 3. The highest BCUT2D eigenvalue weighted by Crippen LogP contribution is 2.39. The number of alkyl halides is 1. The summed E-state index contributed by atoms with van der Waals surface area (Å²) in [5.74, 6) is -0.612. The van der Waals surface area contributed by atoms with E-state index in [1.54, 1.807) is 44.5 Å². The molecule has 1 unspecified atom stereocenters. The van der Waals surface area contributed by atoms with E-state index in [2.05, 4.69) is 21.6 Å². The van der Waals surface area contributed by atoms with Crippen molar-refractivity contribution in [1.29, 1.82) is 5.26 Å². The average Bonchev–Trinajstić information content (AvgIpc) is 3.72. The van der Waals surface area contributed by atoms with Crippen LogP contribution in [0.2, 0.25) is 0 Å². The third-order valence-electron chi connectivity index (χ3n) is 11.7. The second kappa shape index (κ2) is 14.8. The molecular weight excluding hydrogens is 703 g/mol. The number of hydrogen-bond donors (Lipinski definition) is 2. The van der Waals surface area contributed by atoms with Gasteiger partial charge in [0.1, 0.15) is 18.0 Å². The lowest BCUT2D eigenvalue weighted by Crippen LogP contribution is -2.44. The van der Waals surface area contributed by atoms with E-state index in [1.165, 1.54) is 9.13 Å². The van der Waals surface area contributed by atoms with Gasteiger partial charge in [0.25, 0.3) is 5.91 Å². The van der Waals surface area contributed by atoms with Crippen LogP contribution in [0.25, 0.3) is 21.9 Å². The zero-order chi connectivity index (χ0) is 38.4. The molecule has 55 heavy (non-hydrogen) atoms. The summed E-state index contributed by atoms with van der Waals surface area (Å²) in [5, 5.41) is 20.2. The van der Waals surface area contributed by atoms with E-state index in [1.807, 2.05) is 35.1 Å². The molecule has 8 rings (SSSR count). The van der Waals surface area contributed by atoms with E-state index in [-0.39, 0.29) is 42.3 Å². The van der Waals surface area contributed by atoms with Crippen molar-refractivity contribution in [1.82, 2.24) is 29.1 Å². The Bertz CT molecular complexity index is 2420. The Labute approximate surface area is 316 Å². The number of piperidine rings is 2. The minimum absolute atomic E-state index is 0.160. The normalized spacial score (nSPS) is 23.4. The van der Waals surface area contributed by atoms with Crippen LogP contribution < -0.4 is 21.1 Å². The van der Waals surface area contributed by atoms with E-state index in [9.17, 15) is 24.4 Å². The summed E-state index contributed by atoms with van der Waals surface area (Å²) < 4.78 is 26.7. The second-order valence-electron chi connectivity index (χ2n) is 15.1. The Hall–Kier alpha value is -5.81. The molecule has 3 fully saturated rings. The predicted octanol–water partition coefficient (Wildman–Crippen LogP) is 5.36. The first-order valence-corrected chi connectivity index (χ1v) is 18.9. The minimum Gasteiger partial charge on any atom is -0.494 e. The van der Waals surface area contributed by atoms with Gasteiger partial charge in [-0.05, 0) is 86.9 Å². The fourth-order valence-corrected chi connectivity index (χ4v) is 8.89. The third-order valence-corrected chi connectivity index (χ3v) is 11.7. The fourth-order valence-electron chi connectivity index (χ4n) is 8.89. The topological polar surface area (TPSA) is 156 Å². The number of imide groups is 1. The summed E-state index contributed by atoms with van der Waals surface area (Å²) in [4.78, 5) is 53.1. The zero-order valence-corrected chi connectivity index (χ0v) is 30.8. The second-order valence-corrected chi connectivity index (χ2v) is 15.1. The number of aryl methyl sites for hydroxylation is 1. The number of anilines is 1. The number of likely N-dealkylation sites (tertiary alicyclic amines) is 1. The van der Waals surface area contributed by atoms with Gasteiger partial charge in [-0.3, -0.25) is 33.5 Å². The summed E-state index contributed by atoms with van der Waals surface area (Å²) >= 11 is 0. The number of aromatic nitrogens is 4. The smallest absolute Gasteiger partial charge is 0.329 e. The van der Waals surface area contributed by atoms with Gasteiger partial charge in [-0.25, -0.2) is 9.18 Å². The van der Waals surface area contributed by atoms with Crippen LogP contribution in [-0.2, 0) is 16.6 Å². The van der Waals surface area contributed by atoms with Crippen LogP contribution in [0.15, 0.2) is 65.6 Å². The van der Waals surface area contributed by atoms with Gasteiger partial charge in [0, 0.05) is 55.7 Å². The van der Waals surface area contributed by atoms with Crippen molar-refractivity contribution in [3.8, 4) is 11.8 Å². The molecule has 3 amide bonds. The van der Waals surface area contributed by atoms with Gasteiger partial charge in [0.05, 0.1) is 47.0 Å². The lowest BCUT2D eigenvalue weighted by molar-refractivity contribution is -0.135. The maximum absolute atomic E-state index is 16.1. The number of nitrogens with one attached hydrogen (secondary N) is 2. The lowest BCUT2D eigenvalue weighted by Gasteiger charge is -2.38. The van der Waals surface area contributed by atoms with Gasteiger partial charge in [0.15, 0.2) is 0 Å². The molecule has 4 heterocycles. The van der Waals surface area contributed by atoms with Crippen LogP contribution in [0.5, 0.6) is 5.75 Å². The molecule has 2 aliphatic heterocycles. The number of imidazole rings is 1. The molecular formula is C41H43FN8O5. The Balaban J connectivity index is 0.895. The molecule has 14 heteroatoms. The molecule has 2 aromatic heterocycles. The number of nitrogens with zero attached hydrogens (tertiary/aromatic N) is 6. The van der Waals surface area contributed by atoms with Crippen molar-refractivity contribution in [2.75, 3.05) is 32.1 Å². The molecule has 0 radical (unpaired) electrons. The van der Waals surface area contributed by atoms with Gasteiger partial charge >= 0.3 is 5.69 Å². The average molecular weight is 747 g/mol. The van der Waals surface area contributed by atoms with Crippen molar-refractivity contribution in [3.63, 3.8) is 0 Å². The molecule has 0 bridgehead atoms. The van der Waals surface area contributed by atoms with Crippen molar-refractivity contribution >= 4 is 45.3 Å². The Morgan fingerprint density at radius 2 is 1.85 bits per heavy atom.